The van der Waals surface area contributed by atoms with Gasteiger partial charge in [0.1, 0.15) is 0 Å². The van der Waals surface area contributed by atoms with Crippen LogP contribution in [0.3, 0.4) is 0 Å². The molecule has 0 aromatic heterocycles. The first kappa shape index (κ1) is 19.9. The minimum Gasteiger partial charge on any atom is -0.465 e. The molecule has 0 saturated carbocycles. The van der Waals surface area contributed by atoms with Gasteiger partial charge in [-0.1, -0.05) is 26.3 Å². The van der Waals surface area contributed by atoms with Crippen molar-refractivity contribution in [3.63, 3.8) is 0 Å². The molecular weight excluding hydrogens is 306 g/mol. The largest absolute Gasteiger partial charge is 0.465 e. The van der Waals surface area contributed by atoms with Crippen LogP contribution in [-0.4, -0.2) is 32.3 Å². The number of benzene rings is 1. The number of carbonyl (C=O) groups excluding carboxylic acids is 3. The first-order valence-corrected chi connectivity index (χ1v) is 8.53. The van der Waals surface area contributed by atoms with Crippen LogP contribution in [0.1, 0.15) is 55.5 Å². The van der Waals surface area contributed by atoms with Gasteiger partial charge in [0.05, 0.1) is 12.7 Å². The van der Waals surface area contributed by atoms with Crippen LogP contribution < -0.4 is 4.90 Å². The SMILES string of the molecule is CCCCc1c(C(=O)OC)cccc1N1CCC(C)CC1.O=C=O. The number of piperidine rings is 1. The highest BCUT2D eigenvalue weighted by Gasteiger charge is 2.21. The molecule has 1 aromatic rings. The third-order valence-corrected chi connectivity index (χ3v) is 4.46. The van der Waals surface area contributed by atoms with Crippen molar-refractivity contribution < 1.29 is 19.1 Å². The van der Waals surface area contributed by atoms with Crippen molar-refractivity contribution >= 4 is 17.8 Å². The number of nitrogens with zero attached hydrogens (tertiary/aromatic N) is 1. The molecule has 132 valence electrons. The summed E-state index contributed by atoms with van der Waals surface area (Å²) in [5, 5.41) is 0. The Bertz CT molecular complexity index is 556. The molecule has 0 N–H and O–H groups in total. The molecule has 1 fully saturated rings. The predicted molar refractivity (Wildman–Crippen MR) is 92.0 cm³/mol. The Morgan fingerprint density at radius 2 is 1.92 bits per heavy atom. The number of hydrogen-bond acceptors (Lipinski definition) is 5. The number of carbonyl (C=O) groups is 1. The third-order valence-electron chi connectivity index (χ3n) is 4.46. The lowest BCUT2D eigenvalue weighted by Crippen LogP contribution is -2.33. The second-order valence-electron chi connectivity index (χ2n) is 6.15. The molecule has 1 aliphatic heterocycles. The fourth-order valence-electron chi connectivity index (χ4n) is 3.04. The van der Waals surface area contributed by atoms with Crippen molar-refractivity contribution in [2.75, 3.05) is 25.1 Å². The zero-order valence-electron chi connectivity index (χ0n) is 14.8. The summed E-state index contributed by atoms with van der Waals surface area (Å²) in [6, 6.07) is 6.04. The molecule has 1 saturated heterocycles. The summed E-state index contributed by atoms with van der Waals surface area (Å²) in [6.07, 6.45) is 5.89. The van der Waals surface area contributed by atoms with Gasteiger partial charge in [-0.3, -0.25) is 0 Å². The third kappa shape index (κ3) is 5.50. The van der Waals surface area contributed by atoms with E-state index in [0.29, 0.717) is 0 Å². The minimum atomic E-state index is -0.215. The molecule has 5 heteroatoms. The lowest BCUT2D eigenvalue weighted by Gasteiger charge is -2.34. The molecule has 1 aliphatic rings. The van der Waals surface area contributed by atoms with Crippen LogP contribution >= 0.6 is 0 Å². The van der Waals surface area contributed by atoms with Gasteiger partial charge >= 0.3 is 12.1 Å². The summed E-state index contributed by atoms with van der Waals surface area (Å²) in [5.41, 5.74) is 3.14. The fraction of sp³-hybridized carbons (Fsp3) is 0.579. The molecule has 5 nitrogen and oxygen atoms in total. The van der Waals surface area contributed by atoms with E-state index < -0.39 is 0 Å². The van der Waals surface area contributed by atoms with Crippen LogP contribution in [-0.2, 0) is 20.7 Å². The lowest BCUT2D eigenvalue weighted by atomic mass is 9.95. The summed E-state index contributed by atoms with van der Waals surface area (Å²) in [4.78, 5) is 30.7. The van der Waals surface area contributed by atoms with Gasteiger partial charge in [0.2, 0.25) is 0 Å². The van der Waals surface area contributed by atoms with Crippen LogP contribution in [0.4, 0.5) is 5.69 Å². The highest BCUT2D eigenvalue weighted by atomic mass is 16.5. The maximum Gasteiger partial charge on any atom is 0.373 e. The van der Waals surface area contributed by atoms with Crippen molar-refractivity contribution in [1.82, 2.24) is 0 Å². The maximum absolute atomic E-state index is 12.0. The quantitative estimate of drug-likeness (QED) is 0.772. The van der Waals surface area contributed by atoms with Crippen LogP contribution in [0.25, 0.3) is 0 Å². The number of hydrogen-bond donors (Lipinski definition) is 0. The molecule has 24 heavy (non-hydrogen) atoms. The van der Waals surface area contributed by atoms with Crippen LogP contribution in [0.15, 0.2) is 18.2 Å². The zero-order chi connectivity index (χ0) is 17.9. The molecule has 0 atom stereocenters. The summed E-state index contributed by atoms with van der Waals surface area (Å²) < 4.78 is 4.96. The Balaban J connectivity index is 0.000000891. The van der Waals surface area contributed by atoms with Gasteiger partial charge in [0.25, 0.3) is 0 Å². The van der Waals surface area contributed by atoms with Crippen molar-refractivity contribution in [2.24, 2.45) is 5.92 Å². The normalized spacial score (nSPS) is 14.4. The summed E-state index contributed by atoms with van der Waals surface area (Å²) in [6.45, 7) is 6.68. The van der Waals surface area contributed by atoms with Gasteiger partial charge in [0.15, 0.2) is 0 Å². The Morgan fingerprint density at radius 3 is 2.46 bits per heavy atom. The van der Waals surface area contributed by atoms with E-state index in [0.717, 1.165) is 43.8 Å². The van der Waals surface area contributed by atoms with Crippen molar-refractivity contribution in [3.8, 4) is 0 Å². The Labute approximate surface area is 144 Å². The highest BCUT2D eigenvalue weighted by Crippen LogP contribution is 2.30. The highest BCUT2D eigenvalue weighted by molar-refractivity contribution is 5.93. The summed E-state index contributed by atoms with van der Waals surface area (Å²) >= 11 is 0. The lowest BCUT2D eigenvalue weighted by molar-refractivity contribution is -0.191. The minimum absolute atomic E-state index is 0.215. The average Bonchev–Trinajstić information content (AvgIpc) is 2.60. The topological polar surface area (TPSA) is 63.7 Å². The van der Waals surface area contributed by atoms with E-state index >= 15 is 0 Å². The Morgan fingerprint density at radius 1 is 1.29 bits per heavy atom. The van der Waals surface area contributed by atoms with E-state index in [9.17, 15) is 4.79 Å². The number of unbranched alkanes of at least 4 members (excludes halogenated alkanes) is 1. The average molecular weight is 333 g/mol. The molecule has 1 heterocycles. The maximum atomic E-state index is 12.0. The second kappa shape index (κ2) is 10.6. The van der Waals surface area contributed by atoms with Gasteiger partial charge < -0.3 is 9.64 Å². The smallest absolute Gasteiger partial charge is 0.373 e. The number of ether oxygens (including phenoxy) is 1. The Kier molecular flexibility index (Phi) is 8.80. The number of methoxy groups -OCH3 is 1. The molecular formula is C19H27NO4. The molecule has 0 spiro atoms. The van der Waals surface area contributed by atoms with Crippen LogP contribution in [0.2, 0.25) is 0 Å². The second-order valence-corrected chi connectivity index (χ2v) is 6.15. The first-order valence-electron chi connectivity index (χ1n) is 8.53. The van der Waals surface area contributed by atoms with Crippen molar-refractivity contribution in [2.45, 2.75) is 46.0 Å². The fourth-order valence-corrected chi connectivity index (χ4v) is 3.04. The van der Waals surface area contributed by atoms with Crippen molar-refractivity contribution in [1.29, 1.82) is 0 Å². The van der Waals surface area contributed by atoms with Gasteiger partial charge in [-0.2, -0.15) is 9.59 Å². The van der Waals surface area contributed by atoms with E-state index in [2.05, 4.69) is 24.8 Å². The number of esters is 1. The molecule has 1 aromatic carbocycles. The molecule has 0 amide bonds. The van der Waals surface area contributed by atoms with E-state index in [1.54, 1.807) is 0 Å². The molecule has 0 radical (unpaired) electrons. The van der Waals surface area contributed by atoms with Gasteiger partial charge in [-0.25, -0.2) is 4.79 Å². The molecule has 0 unspecified atom stereocenters. The number of anilines is 1. The molecule has 0 bridgehead atoms. The summed E-state index contributed by atoms with van der Waals surface area (Å²) in [5.74, 6) is 0.595. The van der Waals surface area contributed by atoms with Gasteiger partial charge in [0, 0.05) is 18.8 Å². The standard InChI is InChI=1S/C18H27NO2.CO2/c1-4-5-7-15-16(18(20)21-3)8-6-9-17(15)19-12-10-14(2)11-13-19;2-1-3/h6,8-9,14H,4-5,7,10-13H2,1-3H3;. The number of rotatable bonds is 5. The summed E-state index contributed by atoms with van der Waals surface area (Å²) in [7, 11) is 1.46. The van der Waals surface area contributed by atoms with E-state index in [-0.39, 0.29) is 12.1 Å². The van der Waals surface area contributed by atoms with E-state index in [1.165, 1.54) is 31.2 Å². The zero-order valence-corrected chi connectivity index (χ0v) is 14.8. The predicted octanol–water partition coefficient (Wildman–Crippen LogP) is 3.47. The first-order chi connectivity index (χ1) is 11.6. The molecule has 2 rings (SSSR count). The monoisotopic (exact) mass is 333 g/mol. The Hall–Kier alpha value is -2.13. The van der Waals surface area contributed by atoms with Gasteiger partial charge in [-0.05, 0) is 49.3 Å². The van der Waals surface area contributed by atoms with E-state index in [1.807, 2.05) is 12.1 Å². The molecule has 0 aliphatic carbocycles. The van der Waals surface area contributed by atoms with Crippen LogP contribution in [0.5, 0.6) is 0 Å². The van der Waals surface area contributed by atoms with Crippen LogP contribution in [0, 0.1) is 5.92 Å². The van der Waals surface area contributed by atoms with Crippen molar-refractivity contribution in [3.05, 3.63) is 29.3 Å². The van der Waals surface area contributed by atoms with E-state index in [4.69, 9.17) is 14.3 Å². The van der Waals surface area contributed by atoms with Gasteiger partial charge in [-0.15, -0.1) is 0 Å².